The molecule has 4 rings (SSSR count). The van der Waals surface area contributed by atoms with Gasteiger partial charge in [-0.2, -0.15) is 0 Å². The van der Waals surface area contributed by atoms with Crippen LogP contribution < -0.4 is 5.32 Å². The van der Waals surface area contributed by atoms with Crippen molar-refractivity contribution in [3.8, 4) is 11.3 Å². The maximum absolute atomic E-state index is 12.4. The van der Waals surface area contributed by atoms with Crippen LogP contribution in [0.3, 0.4) is 0 Å². The van der Waals surface area contributed by atoms with Crippen LogP contribution in [0.1, 0.15) is 18.4 Å². The minimum Gasteiger partial charge on any atom is -0.301 e. The van der Waals surface area contributed by atoms with Gasteiger partial charge in [-0.05, 0) is 43.8 Å². The molecule has 2 heterocycles. The number of piperidine rings is 1. The quantitative estimate of drug-likeness (QED) is 0.662. The number of carbonyl (C=O) groups excluding carboxylic acids is 1. The summed E-state index contributed by atoms with van der Waals surface area (Å²) in [6.45, 7) is 2.41. The van der Waals surface area contributed by atoms with Crippen molar-refractivity contribution in [3.63, 3.8) is 0 Å². The number of amides is 1. The van der Waals surface area contributed by atoms with Gasteiger partial charge in [-0.25, -0.2) is 4.98 Å². The van der Waals surface area contributed by atoms with Crippen molar-refractivity contribution in [1.82, 2.24) is 9.88 Å². The van der Waals surface area contributed by atoms with E-state index in [4.69, 9.17) is 0 Å². The molecule has 5 heteroatoms. The minimum atomic E-state index is 0.0236. The van der Waals surface area contributed by atoms with Crippen LogP contribution in [-0.4, -0.2) is 35.4 Å². The molecule has 3 aromatic rings. The van der Waals surface area contributed by atoms with E-state index < -0.39 is 0 Å². The predicted molar refractivity (Wildman–Crippen MR) is 115 cm³/mol. The number of rotatable bonds is 6. The van der Waals surface area contributed by atoms with Crippen LogP contribution >= 0.6 is 11.3 Å². The third-order valence-electron chi connectivity index (χ3n) is 5.26. The Morgan fingerprint density at radius 1 is 1.04 bits per heavy atom. The molecule has 1 N–H and O–H groups in total. The van der Waals surface area contributed by atoms with E-state index in [0.29, 0.717) is 17.6 Å². The van der Waals surface area contributed by atoms with Crippen LogP contribution in [0.4, 0.5) is 5.13 Å². The van der Waals surface area contributed by atoms with Crippen molar-refractivity contribution in [3.05, 3.63) is 71.6 Å². The molecule has 1 amide bonds. The first-order valence-electron chi connectivity index (χ1n) is 9.83. The van der Waals surface area contributed by atoms with Gasteiger partial charge in [0.2, 0.25) is 5.91 Å². The second-order valence-electron chi connectivity index (χ2n) is 7.36. The van der Waals surface area contributed by atoms with Crippen molar-refractivity contribution in [1.29, 1.82) is 0 Å². The molecule has 4 nitrogen and oxygen atoms in total. The van der Waals surface area contributed by atoms with Crippen molar-refractivity contribution in [2.75, 3.05) is 25.0 Å². The van der Waals surface area contributed by atoms with Gasteiger partial charge in [-0.3, -0.25) is 9.69 Å². The molecule has 0 spiro atoms. The van der Waals surface area contributed by atoms with E-state index in [-0.39, 0.29) is 5.91 Å². The van der Waals surface area contributed by atoms with Gasteiger partial charge in [-0.15, -0.1) is 11.3 Å². The summed E-state index contributed by atoms with van der Waals surface area (Å²) in [5.74, 6) is 0.740. The summed E-state index contributed by atoms with van der Waals surface area (Å²) in [5, 5.41) is 5.61. The molecule has 28 heavy (non-hydrogen) atoms. The zero-order valence-corrected chi connectivity index (χ0v) is 16.7. The van der Waals surface area contributed by atoms with Gasteiger partial charge in [0.05, 0.1) is 12.2 Å². The van der Waals surface area contributed by atoms with Crippen LogP contribution in [0, 0.1) is 5.92 Å². The summed E-state index contributed by atoms with van der Waals surface area (Å²) in [5.41, 5.74) is 3.39. The van der Waals surface area contributed by atoms with E-state index in [2.05, 4.69) is 45.5 Å². The predicted octanol–water partition coefficient (Wildman–Crippen LogP) is 4.70. The molecule has 0 radical (unpaired) electrons. The molecule has 0 atom stereocenters. The molecule has 0 bridgehead atoms. The van der Waals surface area contributed by atoms with Crippen LogP contribution in [0.15, 0.2) is 66.0 Å². The standard InChI is InChI=1S/C23H25N3OS/c27-22(25-23-24-21(17-28-23)20-9-5-2-6-10-20)16-26-13-11-19(12-14-26)15-18-7-3-1-4-8-18/h1-10,17,19H,11-16H2,(H,24,25,27). The normalized spacial score (nSPS) is 15.4. The third kappa shape index (κ3) is 5.06. The lowest BCUT2D eigenvalue weighted by Gasteiger charge is -2.31. The highest BCUT2D eigenvalue weighted by Gasteiger charge is 2.21. The van der Waals surface area contributed by atoms with Gasteiger partial charge in [0.25, 0.3) is 0 Å². The fourth-order valence-electron chi connectivity index (χ4n) is 3.73. The number of nitrogens with one attached hydrogen (secondary N) is 1. The smallest absolute Gasteiger partial charge is 0.240 e. The molecular weight excluding hydrogens is 366 g/mol. The van der Waals surface area contributed by atoms with E-state index >= 15 is 0 Å². The lowest BCUT2D eigenvalue weighted by molar-refractivity contribution is -0.117. The maximum Gasteiger partial charge on any atom is 0.240 e. The summed E-state index contributed by atoms with van der Waals surface area (Å²) in [6, 6.07) is 20.7. The van der Waals surface area contributed by atoms with E-state index in [0.717, 1.165) is 43.6 Å². The second-order valence-corrected chi connectivity index (χ2v) is 8.22. The number of benzene rings is 2. The molecule has 1 fully saturated rings. The topological polar surface area (TPSA) is 45.2 Å². The monoisotopic (exact) mass is 391 g/mol. The molecule has 1 aromatic heterocycles. The average molecular weight is 392 g/mol. The average Bonchev–Trinajstić information content (AvgIpc) is 3.19. The Bertz CT molecular complexity index is 886. The highest BCUT2D eigenvalue weighted by molar-refractivity contribution is 7.14. The highest BCUT2D eigenvalue weighted by atomic mass is 32.1. The zero-order valence-electron chi connectivity index (χ0n) is 15.9. The lowest BCUT2D eigenvalue weighted by Crippen LogP contribution is -2.39. The molecule has 144 valence electrons. The first-order chi connectivity index (χ1) is 13.8. The zero-order chi connectivity index (χ0) is 19.2. The van der Waals surface area contributed by atoms with Crippen LogP contribution in [0.5, 0.6) is 0 Å². The number of thiazole rings is 1. The molecule has 1 saturated heterocycles. The molecule has 0 unspecified atom stereocenters. The Morgan fingerprint density at radius 3 is 2.43 bits per heavy atom. The number of likely N-dealkylation sites (tertiary alicyclic amines) is 1. The number of anilines is 1. The van der Waals surface area contributed by atoms with Gasteiger partial charge in [0, 0.05) is 10.9 Å². The Kier molecular flexibility index (Phi) is 6.14. The maximum atomic E-state index is 12.4. The molecule has 0 saturated carbocycles. The fourth-order valence-corrected chi connectivity index (χ4v) is 4.47. The summed E-state index contributed by atoms with van der Waals surface area (Å²) >= 11 is 1.47. The summed E-state index contributed by atoms with van der Waals surface area (Å²) < 4.78 is 0. The van der Waals surface area contributed by atoms with E-state index in [1.54, 1.807) is 0 Å². The number of nitrogens with zero attached hydrogens (tertiary/aromatic N) is 2. The molecule has 1 aliphatic rings. The van der Waals surface area contributed by atoms with Crippen molar-refractivity contribution in [2.45, 2.75) is 19.3 Å². The van der Waals surface area contributed by atoms with E-state index in [1.807, 2.05) is 35.7 Å². The largest absolute Gasteiger partial charge is 0.301 e. The second kappa shape index (κ2) is 9.13. The van der Waals surface area contributed by atoms with Crippen molar-refractivity contribution < 1.29 is 4.79 Å². The lowest BCUT2D eigenvalue weighted by atomic mass is 9.90. The molecule has 1 aliphatic heterocycles. The summed E-state index contributed by atoms with van der Waals surface area (Å²) in [6.07, 6.45) is 3.44. The Labute approximate surface area is 170 Å². The Hall–Kier alpha value is -2.50. The molecule has 2 aromatic carbocycles. The van der Waals surface area contributed by atoms with Gasteiger partial charge in [-0.1, -0.05) is 60.7 Å². The highest BCUT2D eigenvalue weighted by Crippen LogP contribution is 2.25. The van der Waals surface area contributed by atoms with Crippen LogP contribution in [-0.2, 0) is 11.2 Å². The Morgan fingerprint density at radius 2 is 1.71 bits per heavy atom. The van der Waals surface area contributed by atoms with E-state index in [1.165, 1.54) is 16.9 Å². The molecule has 0 aliphatic carbocycles. The first-order valence-corrected chi connectivity index (χ1v) is 10.7. The first kappa shape index (κ1) is 18.8. The summed E-state index contributed by atoms with van der Waals surface area (Å²) in [4.78, 5) is 19.2. The SMILES string of the molecule is O=C(CN1CCC(Cc2ccccc2)CC1)Nc1nc(-c2ccccc2)cs1. The number of carbonyl (C=O) groups is 1. The number of hydrogen-bond donors (Lipinski definition) is 1. The molecular formula is C23H25N3OS. The Balaban J connectivity index is 1.23. The van der Waals surface area contributed by atoms with E-state index in [9.17, 15) is 4.79 Å². The number of hydrogen-bond acceptors (Lipinski definition) is 4. The van der Waals surface area contributed by atoms with Crippen LogP contribution in [0.2, 0.25) is 0 Å². The number of aromatic nitrogens is 1. The fraction of sp³-hybridized carbons (Fsp3) is 0.304. The minimum absolute atomic E-state index is 0.0236. The van der Waals surface area contributed by atoms with Gasteiger partial charge >= 0.3 is 0 Å². The van der Waals surface area contributed by atoms with Gasteiger partial charge in [0.15, 0.2) is 5.13 Å². The van der Waals surface area contributed by atoms with Gasteiger partial charge in [0.1, 0.15) is 0 Å². The van der Waals surface area contributed by atoms with Gasteiger partial charge < -0.3 is 5.32 Å². The van der Waals surface area contributed by atoms with Crippen LogP contribution in [0.25, 0.3) is 11.3 Å². The third-order valence-corrected chi connectivity index (χ3v) is 6.02. The van der Waals surface area contributed by atoms with Crippen molar-refractivity contribution in [2.24, 2.45) is 5.92 Å². The summed E-state index contributed by atoms with van der Waals surface area (Å²) in [7, 11) is 0. The van der Waals surface area contributed by atoms with Crippen molar-refractivity contribution >= 4 is 22.4 Å².